The standard InChI is InChI=1S/C19H38N2/c1-14(2)17-12-20-19(6,7)13-21(17)16-10-8-15(9-11-16)18(3,4)5/h14-17,20H,8-13H2,1-7H3. The van der Waals surface area contributed by atoms with Crippen LogP contribution in [0.4, 0.5) is 0 Å². The number of hydrogen-bond acceptors (Lipinski definition) is 2. The quantitative estimate of drug-likeness (QED) is 0.817. The van der Waals surface area contributed by atoms with Crippen LogP contribution in [0.15, 0.2) is 0 Å². The molecule has 0 amide bonds. The van der Waals surface area contributed by atoms with Gasteiger partial charge in [-0.2, -0.15) is 0 Å². The first-order valence-corrected chi connectivity index (χ1v) is 9.11. The summed E-state index contributed by atoms with van der Waals surface area (Å²) in [7, 11) is 0. The minimum Gasteiger partial charge on any atom is -0.309 e. The van der Waals surface area contributed by atoms with Crippen LogP contribution >= 0.6 is 0 Å². The van der Waals surface area contributed by atoms with Gasteiger partial charge in [-0.1, -0.05) is 34.6 Å². The fourth-order valence-electron chi connectivity index (χ4n) is 4.42. The molecule has 1 unspecified atom stereocenters. The molecular weight excluding hydrogens is 256 g/mol. The van der Waals surface area contributed by atoms with E-state index >= 15 is 0 Å². The molecule has 0 bridgehead atoms. The van der Waals surface area contributed by atoms with E-state index in [1.807, 2.05) is 0 Å². The van der Waals surface area contributed by atoms with Crippen molar-refractivity contribution in [2.24, 2.45) is 17.3 Å². The fourth-order valence-corrected chi connectivity index (χ4v) is 4.42. The average molecular weight is 295 g/mol. The first kappa shape index (κ1) is 17.3. The summed E-state index contributed by atoms with van der Waals surface area (Å²) in [6.07, 6.45) is 5.65. The summed E-state index contributed by atoms with van der Waals surface area (Å²) in [4.78, 5) is 2.86. The summed E-state index contributed by atoms with van der Waals surface area (Å²) in [5.41, 5.74) is 0.761. The smallest absolute Gasteiger partial charge is 0.0253 e. The lowest BCUT2D eigenvalue weighted by Crippen LogP contribution is -2.65. The third kappa shape index (κ3) is 4.22. The van der Waals surface area contributed by atoms with Crippen molar-refractivity contribution in [1.29, 1.82) is 0 Å². The van der Waals surface area contributed by atoms with Crippen molar-refractivity contribution in [2.75, 3.05) is 13.1 Å². The highest BCUT2D eigenvalue weighted by Gasteiger charge is 2.40. The van der Waals surface area contributed by atoms with Crippen molar-refractivity contribution in [3.63, 3.8) is 0 Å². The van der Waals surface area contributed by atoms with Gasteiger partial charge in [-0.15, -0.1) is 0 Å². The van der Waals surface area contributed by atoms with Crippen LogP contribution in [0.2, 0.25) is 0 Å². The molecule has 21 heavy (non-hydrogen) atoms. The van der Waals surface area contributed by atoms with E-state index in [0.29, 0.717) is 11.5 Å². The molecule has 2 aliphatic rings. The molecule has 1 atom stereocenters. The maximum absolute atomic E-state index is 3.75. The Hall–Kier alpha value is -0.0800. The fraction of sp³-hybridized carbons (Fsp3) is 1.00. The maximum Gasteiger partial charge on any atom is 0.0253 e. The van der Waals surface area contributed by atoms with Gasteiger partial charge in [0.1, 0.15) is 0 Å². The molecule has 1 saturated carbocycles. The van der Waals surface area contributed by atoms with Gasteiger partial charge < -0.3 is 5.32 Å². The highest BCUT2D eigenvalue weighted by Crippen LogP contribution is 2.40. The zero-order valence-electron chi connectivity index (χ0n) is 15.5. The van der Waals surface area contributed by atoms with Crippen LogP contribution in [0.1, 0.15) is 74.1 Å². The number of nitrogens with one attached hydrogen (secondary N) is 1. The second-order valence-electron chi connectivity index (χ2n) is 9.62. The number of nitrogens with zero attached hydrogens (tertiary/aromatic N) is 1. The Morgan fingerprint density at radius 3 is 2.10 bits per heavy atom. The molecule has 2 nitrogen and oxygen atoms in total. The molecule has 1 N–H and O–H groups in total. The molecule has 124 valence electrons. The van der Waals surface area contributed by atoms with E-state index in [2.05, 4.69) is 58.7 Å². The zero-order valence-corrected chi connectivity index (χ0v) is 15.5. The van der Waals surface area contributed by atoms with E-state index in [-0.39, 0.29) is 5.54 Å². The Balaban J connectivity index is 2.02. The van der Waals surface area contributed by atoms with Gasteiger partial charge in [-0.05, 0) is 56.8 Å². The number of rotatable bonds is 2. The second-order valence-corrected chi connectivity index (χ2v) is 9.62. The van der Waals surface area contributed by atoms with Crippen molar-refractivity contribution in [2.45, 2.75) is 91.8 Å². The van der Waals surface area contributed by atoms with Gasteiger partial charge in [-0.3, -0.25) is 4.90 Å². The Morgan fingerprint density at radius 2 is 1.62 bits per heavy atom. The molecule has 0 aromatic heterocycles. The largest absolute Gasteiger partial charge is 0.309 e. The van der Waals surface area contributed by atoms with Crippen molar-refractivity contribution in [3.05, 3.63) is 0 Å². The molecule has 0 aromatic carbocycles. The summed E-state index contributed by atoms with van der Waals surface area (Å²) in [6, 6.07) is 1.53. The van der Waals surface area contributed by atoms with Crippen LogP contribution in [0.25, 0.3) is 0 Å². The van der Waals surface area contributed by atoms with Crippen LogP contribution in [0, 0.1) is 17.3 Å². The van der Waals surface area contributed by atoms with Crippen molar-refractivity contribution in [3.8, 4) is 0 Å². The van der Waals surface area contributed by atoms with E-state index in [4.69, 9.17) is 0 Å². The van der Waals surface area contributed by atoms with Gasteiger partial charge in [0, 0.05) is 30.7 Å². The highest BCUT2D eigenvalue weighted by molar-refractivity contribution is 4.97. The molecule has 2 fully saturated rings. The van der Waals surface area contributed by atoms with Crippen molar-refractivity contribution < 1.29 is 0 Å². The topological polar surface area (TPSA) is 15.3 Å². The predicted molar refractivity (Wildman–Crippen MR) is 92.6 cm³/mol. The lowest BCUT2D eigenvalue weighted by Gasteiger charge is -2.51. The third-order valence-electron chi connectivity index (χ3n) is 5.95. The number of piperazine rings is 1. The molecule has 2 rings (SSSR count). The van der Waals surface area contributed by atoms with E-state index in [1.54, 1.807) is 0 Å². The third-order valence-corrected chi connectivity index (χ3v) is 5.95. The SMILES string of the molecule is CC(C)C1CNC(C)(C)CN1C1CCC(C(C)(C)C)CC1. The predicted octanol–water partition coefficient (Wildman–Crippen LogP) is 4.30. The summed E-state index contributed by atoms with van der Waals surface area (Å²) in [6.45, 7) is 19.1. The average Bonchev–Trinajstić information content (AvgIpc) is 2.36. The summed E-state index contributed by atoms with van der Waals surface area (Å²) >= 11 is 0. The Labute approximate surface area is 133 Å². The van der Waals surface area contributed by atoms with Gasteiger partial charge in [0.15, 0.2) is 0 Å². The minimum atomic E-state index is 0.270. The van der Waals surface area contributed by atoms with Crippen LogP contribution in [-0.2, 0) is 0 Å². The molecule has 0 aromatic rings. The molecule has 1 aliphatic carbocycles. The Bertz CT molecular complexity index is 332. The summed E-state index contributed by atoms with van der Waals surface area (Å²) < 4.78 is 0. The van der Waals surface area contributed by atoms with E-state index in [1.165, 1.54) is 32.2 Å². The zero-order chi connectivity index (χ0) is 15.8. The van der Waals surface area contributed by atoms with Crippen LogP contribution in [0.5, 0.6) is 0 Å². The van der Waals surface area contributed by atoms with Crippen molar-refractivity contribution in [1.82, 2.24) is 10.2 Å². The van der Waals surface area contributed by atoms with E-state index in [0.717, 1.165) is 24.4 Å². The minimum absolute atomic E-state index is 0.270. The second kappa shape index (κ2) is 6.20. The maximum atomic E-state index is 3.75. The molecule has 2 heteroatoms. The van der Waals surface area contributed by atoms with Gasteiger partial charge in [0.25, 0.3) is 0 Å². The van der Waals surface area contributed by atoms with Crippen LogP contribution in [0.3, 0.4) is 0 Å². The lowest BCUT2D eigenvalue weighted by atomic mass is 9.70. The molecule has 0 spiro atoms. The van der Waals surface area contributed by atoms with Gasteiger partial charge in [0.2, 0.25) is 0 Å². The van der Waals surface area contributed by atoms with Gasteiger partial charge in [-0.25, -0.2) is 0 Å². The Morgan fingerprint density at radius 1 is 1.05 bits per heavy atom. The molecular formula is C19H38N2. The highest BCUT2D eigenvalue weighted by atomic mass is 15.3. The molecule has 1 heterocycles. The molecule has 0 radical (unpaired) electrons. The normalized spacial score (nSPS) is 35.1. The van der Waals surface area contributed by atoms with Crippen LogP contribution < -0.4 is 5.32 Å². The first-order chi connectivity index (χ1) is 9.60. The van der Waals surface area contributed by atoms with Gasteiger partial charge in [0.05, 0.1) is 0 Å². The van der Waals surface area contributed by atoms with Crippen LogP contribution in [-0.4, -0.2) is 35.6 Å². The lowest BCUT2D eigenvalue weighted by molar-refractivity contribution is 0.00361. The van der Waals surface area contributed by atoms with Crippen molar-refractivity contribution >= 4 is 0 Å². The monoisotopic (exact) mass is 294 g/mol. The molecule has 1 saturated heterocycles. The van der Waals surface area contributed by atoms with E-state index in [9.17, 15) is 0 Å². The molecule has 1 aliphatic heterocycles. The summed E-state index contributed by atoms with van der Waals surface area (Å²) in [5, 5.41) is 3.75. The number of hydrogen-bond donors (Lipinski definition) is 1. The summed E-state index contributed by atoms with van der Waals surface area (Å²) in [5.74, 6) is 1.66. The Kier molecular flexibility index (Phi) is 5.10. The van der Waals surface area contributed by atoms with E-state index < -0.39 is 0 Å². The van der Waals surface area contributed by atoms with Gasteiger partial charge >= 0.3 is 0 Å². The first-order valence-electron chi connectivity index (χ1n) is 9.11.